The first-order valence-electron chi connectivity index (χ1n) is 18.6. The first kappa shape index (κ1) is 66.9. The topological polar surface area (TPSA) is 226 Å². The van der Waals surface area contributed by atoms with Gasteiger partial charge in [0.25, 0.3) is 24.9 Å². The second kappa shape index (κ2) is 40.8. The monoisotopic (exact) mass is 943 g/mol. The summed E-state index contributed by atoms with van der Waals surface area (Å²) >= 11 is 0. The molecule has 0 saturated carbocycles. The highest BCUT2D eigenvalue weighted by Crippen LogP contribution is 2.22. The van der Waals surface area contributed by atoms with Crippen molar-refractivity contribution in [1.82, 2.24) is 9.80 Å². The van der Waals surface area contributed by atoms with Gasteiger partial charge in [0.2, 0.25) is 6.54 Å². The van der Waals surface area contributed by atoms with Gasteiger partial charge < -0.3 is 50.6 Å². The largest absolute Gasteiger partial charge is 1.00 e. The van der Waals surface area contributed by atoms with E-state index in [4.69, 9.17) is 67.6 Å². The van der Waals surface area contributed by atoms with E-state index in [9.17, 15) is 19.2 Å². The average molecular weight is 945 g/mol. The molecule has 0 bridgehead atoms. The molecule has 2 rings (SSSR count). The molecule has 23 heteroatoms. The Labute approximate surface area is 394 Å². The van der Waals surface area contributed by atoms with Gasteiger partial charge in [-0.05, 0) is 18.1 Å². The predicted octanol–water partition coefficient (Wildman–Crippen LogP) is 2.50. The number of nitrogens with zero attached hydrogens (tertiary/aromatic N) is 11. The van der Waals surface area contributed by atoms with Gasteiger partial charge in [-0.1, -0.05) is 18.4 Å². The molecule has 0 atom stereocenters. The van der Waals surface area contributed by atoms with Crippen LogP contribution < -0.4 is 12.4 Å². The van der Waals surface area contributed by atoms with Crippen LogP contribution in [0, 0.1) is 72.8 Å². The molecular formula is C42H55Cl2N11O10. The van der Waals surface area contributed by atoms with E-state index < -0.39 is 35.5 Å². The molecule has 0 unspecified atom stereocenters. The van der Waals surface area contributed by atoms with Crippen molar-refractivity contribution in [2.45, 2.75) is 85.1 Å². The number of hydrogen-bond acceptors (Lipinski definition) is 15. The summed E-state index contributed by atoms with van der Waals surface area (Å²) in [7, 11) is 3.33. The highest BCUT2D eigenvalue weighted by atomic mass is 35.5. The molecule has 2 heterocycles. The molecule has 0 aromatic rings. The van der Waals surface area contributed by atoms with Gasteiger partial charge in [-0.25, -0.2) is 57.0 Å². The molecule has 21 nitrogen and oxygen atoms in total. The molecule has 0 aromatic heterocycles. The molecule has 352 valence electrons. The molecule has 65 heavy (non-hydrogen) atoms. The predicted molar refractivity (Wildman–Crippen MR) is 231 cm³/mol. The third kappa shape index (κ3) is 38.2. The number of halogens is 2. The third-order valence-corrected chi connectivity index (χ3v) is 6.58. The smallest absolute Gasteiger partial charge is 0.407 e. The van der Waals surface area contributed by atoms with Crippen LogP contribution in [0.1, 0.15) is 67.2 Å². The summed E-state index contributed by atoms with van der Waals surface area (Å²) in [5.41, 5.74) is -0.230. The minimum atomic E-state index is -1.27. The Morgan fingerprint density at radius 3 is 1.55 bits per heavy atom. The van der Waals surface area contributed by atoms with Crippen LogP contribution >= 0.6 is 12.4 Å². The molecule has 2 saturated heterocycles. The van der Waals surface area contributed by atoms with Crippen LogP contribution in [0.5, 0.6) is 0 Å². The van der Waals surface area contributed by atoms with Crippen molar-refractivity contribution < 1.29 is 64.6 Å². The number of methoxy groups -OCH3 is 2. The molecule has 2 aliphatic heterocycles. The lowest BCUT2D eigenvalue weighted by molar-refractivity contribution is -0.503. The Bertz CT molecular complexity index is 1840. The molecule has 2 fully saturated rings. The van der Waals surface area contributed by atoms with Gasteiger partial charge in [0.05, 0.1) is 18.2 Å². The summed E-state index contributed by atoms with van der Waals surface area (Å²) in [4.78, 5) is 63.0. The van der Waals surface area contributed by atoms with Crippen molar-refractivity contribution in [2.24, 2.45) is 5.92 Å². The zero-order valence-corrected chi connectivity index (χ0v) is 39.3. The number of ether oxygens (including phenoxy) is 6. The van der Waals surface area contributed by atoms with Gasteiger partial charge in [-0.2, -0.15) is 15.8 Å². The fourth-order valence-corrected chi connectivity index (χ4v) is 3.99. The summed E-state index contributed by atoms with van der Waals surface area (Å²) in [6.07, 6.45) is 10.8. The highest BCUT2D eigenvalue weighted by molar-refractivity contribution is 6.15. The van der Waals surface area contributed by atoms with E-state index >= 15 is 0 Å². The highest BCUT2D eigenvalue weighted by Gasteiger charge is 2.38. The maximum Gasteiger partial charge on any atom is 0.407 e. The maximum absolute atomic E-state index is 11.6. The summed E-state index contributed by atoms with van der Waals surface area (Å²) in [5.74, 6) is -4.30. The van der Waals surface area contributed by atoms with Crippen LogP contribution in [-0.4, -0.2) is 123 Å². The minimum Gasteiger partial charge on any atom is -1.00 e. The maximum atomic E-state index is 11.6. The quantitative estimate of drug-likeness (QED) is 0.0207. The van der Waals surface area contributed by atoms with Crippen molar-refractivity contribution in [3.8, 4) is 18.2 Å². The summed E-state index contributed by atoms with van der Waals surface area (Å²) in [6, 6.07) is 5.84. The van der Waals surface area contributed by atoms with Gasteiger partial charge in [0.15, 0.2) is 12.5 Å². The Morgan fingerprint density at radius 1 is 0.738 bits per heavy atom. The standard InChI is InChI=1S/C13H13N3O4.C11H11N6.C7H16O2.C6H8O4.C5H6N2.2ClH/c1-13(2)19-11(17)10(12(18)20-13)6-5-7-16(8-14-3)9-15-4;1-14-10-17(11-15-2)7-3-6-16(8-4-12)9-5-13;1-6(2)5-7(8-3)9-4;1-6(2)9-4(7)3-5(8)10-6;1-7-5-3-2-4-6;;/h5-7H,8-9H2,1-2H3;3,6-7H,8-11H2;6-7H,5H2,1-4H3;3H2,1-2H3;2-3,5H2;2*1H/q;+1;;;;;/p-1/b7-5+;;;;;;. The molecule has 0 radical (unpaired) electrons. The van der Waals surface area contributed by atoms with Crippen molar-refractivity contribution in [1.29, 1.82) is 15.8 Å². The number of rotatable bonds is 16. The van der Waals surface area contributed by atoms with E-state index in [2.05, 4.69) is 47.5 Å². The number of allylic oxidation sites excluding steroid dienone is 3. The van der Waals surface area contributed by atoms with Gasteiger partial charge in [-0.15, -0.1) is 12.4 Å². The van der Waals surface area contributed by atoms with Crippen molar-refractivity contribution in [3.63, 3.8) is 0 Å². The molecule has 0 aromatic carbocycles. The number of carbonyl (C=O) groups excluding carboxylic acids is 4. The lowest BCUT2D eigenvalue weighted by Crippen LogP contribution is -3.00. The molecule has 0 spiro atoms. The Morgan fingerprint density at radius 2 is 1.20 bits per heavy atom. The average Bonchev–Trinajstić information content (AvgIpc) is 3.18. The van der Waals surface area contributed by atoms with E-state index in [1.807, 2.05) is 18.2 Å². The van der Waals surface area contributed by atoms with Crippen LogP contribution in [0.4, 0.5) is 0 Å². The van der Waals surface area contributed by atoms with Gasteiger partial charge in [0.1, 0.15) is 25.1 Å². The first-order valence-corrected chi connectivity index (χ1v) is 18.6. The van der Waals surface area contributed by atoms with E-state index in [1.165, 1.54) is 60.4 Å². The number of nitriles is 3. The van der Waals surface area contributed by atoms with Gasteiger partial charge in [-0.3, -0.25) is 19.3 Å². The first-order chi connectivity index (χ1) is 29.8. The normalized spacial score (nSPS) is 13.3. The Kier molecular flexibility index (Phi) is 42.0. The van der Waals surface area contributed by atoms with Crippen LogP contribution in [0.15, 0.2) is 36.2 Å². The lowest BCUT2D eigenvalue weighted by Gasteiger charge is -2.29. The minimum absolute atomic E-state index is 0. The van der Waals surface area contributed by atoms with E-state index in [0.29, 0.717) is 18.9 Å². The molecule has 0 amide bonds. The van der Waals surface area contributed by atoms with E-state index in [-0.39, 0.29) is 82.9 Å². The van der Waals surface area contributed by atoms with Gasteiger partial charge in [0, 0.05) is 79.7 Å². The fraction of sp³-hybridized carbons (Fsp3) is 0.548. The zero-order chi connectivity index (χ0) is 48.7. The van der Waals surface area contributed by atoms with Crippen LogP contribution in [0.25, 0.3) is 24.2 Å². The number of unbranched alkanes of at least 4 members (excludes halogenated alkanes) is 1. The van der Waals surface area contributed by atoms with Crippen LogP contribution in [0.3, 0.4) is 0 Å². The van der Waals surface area contributed by atoms with E-state index in [0.717, 1.165) is 12.8 Å². The summed E-state index contributed by atoms with van der Waals surface area (Å²) in [6.45, 7) is 44.4. The van der Waals surface area contributed by atoms with Crippen molar-refractivity contribution >= 4 is 42.5 Å². The van der Waals surface area contributed by atoms with E-state index in [1.54, 1.807) is 32.7 Å². The number of hydrogen-bond donors (Lipinski definition) is 0. The Balaban J connectivity index is -0.000000241. The number of esters is 4. The molecular weight excluding hydrogens is 889 g/mol. The van der Waals surface area contributed by atoms with Crippen molar-refractivity contribution in [2.75, 3.05) is 60.5 Å². The second-order valence-corrected chi connectivity index (χ2v) is 13.4. The SMILES string of the molecule is CC1(C)OC(=O)CC(=O)O1.COC(CC(C)C)OC.Cl.[C-]#[N+]CCCC#N.[C-]#[N+]CN(/C=C/C=C1C(=O)OC(C)(C)OC1=O)C[N+]#[C-].[C-]#[N+]C[N+](=CC=CN(CC#N)CC#N)C[N+]#[C-].[Cl-]. The third-order valence-electron chi connectivity index (χ3n) is 6.58. The fourth-order valence-electron chi connectivity index (χ4n) is 3.99. The molecule has 0 aliphatic carbocycles. The van der Waals surface area contributed by atoms with Gasteiger partial charge >= 0.3 is 37.2 Å². The second-order valence-electron chi connectivity index (χ2n) is 13.4. The number of cyclic esters (lactones) is 4. The molecule has 2 aliphatic rings. The Hall–Kier alpha value is -7.21. The summed E-state index contributed by atoms with van der Waals surface area (Å²) in [5, 5.41) is 25.0. The van der Waals surface area contributed by atoms with Crippen LogP contribution in [-0.2, 0) is 47.6 Å². The number of carbonyl (C=O) groups is 4. The van der Waals surface area contributed by atoms with Crippen molar-refractivity contribution in [3.05, 3.63) is 93.3 Å². The lowest BCUT2D eigenvalue weighted by atomic mass is 10.1. The molecule has 0 N–H and O–H groups in total. The zero-order valence-electron chi connectivity index (χ0n) is 37.7. The summed E-state index contributed by atoms with van der Waals surface area (Å²) < 4.78 is 30.7. The van der Waals surface area contributed by atoms with Crippen LogP contribution in [0.2, 0.25) is 0 Å².